The van der Waals surface area contributed by atoms with E-state index in [1.165, 1.54) is 5.56 Å². The van der Waals surface area contributed by atoms with Gasteiger partial charge in [0, 0.05) is 0 Å². The SMILES string of the molecule is CC(C)(C)c1ccc(/C=N/NC(=O)COc2ccccc2)cc1. The van der Waals surface area contributed by atoms with Gasteiger partial charge in [-0.2, -0.15) is 5.10 Å². The predicted octanol–water partition coefficient (Wildman–Crippen LogP) is 3.51. The number of benzene rings is 2. The van der Waals surface area contributed by atoms with Gasteiger partial charge in [-0.3, -0.25) is 4.79 Å². The first-order valence-electron chi connectivity index (χ1n) is 7.55. The summed E-state index contributed by atoms with van der Waals surface area (Å²) >= 11 is 0. The van der Waals surface area contributed by atoms with Crippen molar-refractivity contribution in [3.05, 3.63) is 65.7 Å². The quantitative estimate of drug-likeness (QED) is 0.678. The molecule has 0 aliphatic heterocycles. The van der Waals surface area contributed by atoms with Gasteiger partial charge in [-0.1, -0.05) is 63.2 Å². The summed E-state index contributed by atoms with van der Waals surface area (Å²) in [6, 6.07) is 17.3. The fourth-order valence-electron chi connectivity index (χ4n) is 1.95. The summed E-state index contributed by atoms with van der Waals surface area (Å²) in [6.07, 6.45) is 1.62. The Labute approximate surface area is 137 Å². The first kappa shape index (κ1) is 16.7. The second-order valence-electron chi connectivity index (χ2n) is 6.27. The van der Waals surface area contributed by atoms with E-state index in [0.717, 1.165) is 5.56 Å². The Kier molecular flexibility index (Phi) is 5.52. The second-order valence-corrected chi connectivity index (χ2v) is 6.27. The van der Waals surface area contributed by atoms with Crippen molar-refractivity contribution in [3.8, 4) is 5.75 Å². The Morgan fingerprint density at radius 3 is 2.35 bits per heavy atom. The molecule has 0 aromatic heterocycles. The van der Waals surface area contributed by atoms with Crippen LogP contribution >= 0.6 is 0 Å². The number of amides is 1. The number of carbonyl (C=O) groups is 1. The summed E-state index contributed by atoms with van der Waals surface area (Å²) in [7, 11) is 0. The number of nitrogens with zero attached hydrogens (tertiary/aromatic N) is 1. The van der Waals surface area contributed by atoms with E-state index < -0.39 is 0 Å². The summed E-state index contributed by atoms with van der Waals surface area (Å²) in [5.74, 6) is 0.362. The Bertz CT molecular complexity index is 656. The predicted molar refractivity (Wildman–Crippen MR) is 92.8 cm³/mol. The van der Waals surface area contributed by atoms with Gasteiger partial charge >= 0.3 is 0 Å². The van der Waals surface area contributed by atoms with E-state index in [-0.39, 0.29) is 17.9 Å². The van der Waals surface area contributed by atoms with Crippen molar-refractivity contribution in [2.24, 2.45) is 5.10 Å². The van der Waals surface area contributed by atoms with Crippen LogP contribution in [0.3, 0.4) is 0 Å². The molecule has 0 fully saturated rings. The zero-order valence-corrected chi connectivity index (χ0v) is 13.7. The van der Waals surface area contributed by atoms with E-state index in [2.05, 4.69) is 43.4 Å². The van der Waals surface area contributed by atoms with E-state index >= 15 is 0 Å². The molecule has 0 radical (unpaired) electrons. The van der Waals surface area contributed by atoms with Crippen LogP contribution in [0.4, 0.5) is 0 Å². The van der Waals surface area contributed by atoms with Gasteiger partial charge < -0.3 is 4.74 Å². The molecule has 0 heterocycles. The molecule has 2 rings (SSSR count). The van der Waals surface area contributed by atoms with Crippen LogP contribution in [0.1, 0.15) is 31.9 Å². The van der Waals surface area contributed by atoms with Gasteiger partial charge in [-0.25, -0.2) is 5.43 Å². The van der Waals surface area contributed by atoms with E-state index in [4.69, 9.17) is 4.74 Å². The highest BCUT2D eigenvalue weighted by Gasteiger charge is 2.12. The lowest BCUT2D eigenvalue weighted by atomic mass is 9.87. The number of para-hydroxylation sites is 1. The van der Waals surface area contributed by atoms with Gasteiger partial charge in [0.15, 0.2) is 6.61 Å². The van der Waals surface area contributed by atoms with E-state index in [1.54, 1.807) is 18.3 Å². The maximum absolute atomic E-state index is 11.6. The van der Waals surface area contributed by atoms with Crippen molar-refractivity contribution in [1.82, 2.24) is 5.43 Å². The maximum Gasteiger partial charge on any atom is 0.277 e. The Morgan fingerprint density at radius 2 is 1.74 bits per heavy atom. The van der Waals surface area contributed by atoms with Crippen LogP contribution in [0.15, 0.2) is 59.7 Å². The first-order valence-corrected chi connectivity index (χ1v) is 7.55. The van der Waals surface area contributed by atoms with Gasteiger partial charge in [-0.05, 0) is 28.7 Å². The standard InChI is InChI=1S/C19H22N2O2/c1-19(2,3)16-11-9-15(10-12-16)13-20-21-18(22)14-23-17-7-5-4-6-8-17/h4-13H,14H2,1-3H3,(H,21,22)/b20-13+. The monoisotopic (exact) mass is 310 g/mol. The van der Waals surface area contributed by atoms with Crippen molar-refractivity contribution in [1.29, 1.82) is 0 Å². The van der Waals surface area contributed by atoms with Crippen LogP contribution in [0.5, 0.6) is 5.75 Å². The largest absolute Gasteiger partial charge is 0.484 e. The van der Waals surface area contributed by atoms with Gasteiger partial charge in [0.1, 0.15) is 5.75 Å². The van der Waals surface area contributed by atoms with Crippen molar-refractivity contribution < 1.29 is 9.53 Å². The van der Waals surface area contributed by atoms with Crippen LogP contribution in [-0.2, 0) is 10.2 Å². The third kappa shape index (κ3) is 5.58. The van der Waals surface area contributed by atoms with Crippen molar-refractivity contribution in [2.45, 2.75) is 26.2 Å². The minimum Gasteiger partial charge on any atom is -0.484 e. The Morgan fingerprint density at radius 1 is 1.09 bits per heavy atom. The van der Waals surface area contributed by atoms with Crippen LogP contribution in [0.2, 0.25) is 0 Å². The molecule has 120 valence electrons. The van der Waals surface area contributed by atoms with Gasteiger partial charge in [0.2, 0.25) is 0 Å². The normalized spacial score (nSPS) is 11.4. The Balaban J connectivity index is 1.80. The summed E-state index contributed by atoms with van der Waals surface area (Å²) < 4.78 is 5.34. The molecule has 4 heteroatoms. The zero-order chi connectivity index (χ0) is 16.7. The molecule has 0 aliphatic carbocycles. The molecule has 1 amide bonds. The summed E-state index contributed by atoms with van der Waals surface area (Å²) in [6.45, 7) is 6.44. The third-order valence-corrected chi connectivity index (χ3v) is 3.29. The lowest BCUT2D eigenvalue weighted by Gasteiger charge is -2.18. The molecule has 23 heavy (non-hydrogen) atoms. The molecular weight excluding hydrogens is 288 g/mol. The van der Waals surface area contributed by atoms with Crippen molar-refractivity contribution >= 4 is 12.1 Å². The first-order chi connectivity index (χ1) is 10.9. The third-order valence-electron chi connectivity index (χ3n) is 3.29. The Hall–Kier alpha value is -2.62. The average Bonchev–Trinajstić information content (AvgIpc) is 2.53. The fraction of sp³-hybridized carbons (Fsp3) is 0.263. The highest BCUT2D eigenvalue weighted by atomic mass is 16.5. The summed E-state index contributed by atoms with van der Waals surface area (Å²) in [5.41, 5.74) is 4.77. The van der Waals surface area contributed by atoms with Gasteiger partial charge in [-0.15, -0.1) is 0 Å². The highest BCUT2D eigenvalue weighted by molar-refractivity contribution is 5.82. The lowest BCUT2D eigenvalue weighted by molar-refractivity contribution is -0.123. The van der Waals surface area contributed by atoms with Gasteiger partial charge in [0.25, 0.3) is 5.91 Å². The maximum atomic E-state index is 11.6. The topological polar surface area (TPSA) is 50.7 Å². The van der Waals surface area contributed by atoms with E-state index in [1.807, 2.05) is 30.3 Å². The molecule has 2 aromatic rings. The molecule has 0 saturated carbocycles. The van der Waals surface area contributed by atoms with Crippen LogP contribution in [0.25, 0.3) is 0 Å². The van der Waals surface area contributed by atoms with Gasteiger partial charge in [0.05, 0.1) is 6.21 Å². The molecule has 4 nitrogen and oxygen atoms in total. The minimum atomic E-state index is -0.295. The average molecular weight is 310 g/mol. The van der Waals surface area contributed by atoms with E-state index in [0.29, 0.717) is 5.75 Å². The number of hydrazone groups is 1. The molecule has 2 aromatic carbocycles. The fourth-order valence-corrected chi connectivity index (χ4v) is 1.95. The number of hydrogen-bond donors (Lipinski definition) is 1. The molecule has 0 spiro atoms. The molecule has 0 unspecified atom stereocenters. The number of rotatable bonds is 5. The number of ether oxygens (including phenoxy) is 1. The van der Waals surface area contributed by atoms with E-state index in [9.17, 15) is 4.79 Å². The molecule has 1 N–H and O–H groups in total. The zero-order valence-electron chi connectivity index (χ0n) is 13.7. The van der Waals surface area contributed by atoms with Crippen LogP contribution < -0.4 is 10.2 Å². The number of carbonyl (C=O) groups excluding carboxylic acids is 1. The molecule has 0 aliphatic rings. The van der Waals surface area contributed by atoms with Crippen molar-refractivity contribution in [3.63, 3.8) is 0 Å². The summed E-state index contributed by atoms with van der Waals surface area (Å²) in [5, 5.41) is 3.94. The number of nitrogens with one attached hydrogen (secondary N) is 1. The second kappa shape index (κ2) is 7.58. The molecule has 0 saturated heterocycles. The summed E-state index contributed by atoms with van der Waals surface area (Å²) in [4.78, 5) is 11.6. The molecule has 0 bridgehead atoms. The van der Waals surface area contributed by atoms with Crippen molar-refractivity contribution in [2.75, 3.05) is 6.61 Å². The smallest absolute Gasteiger partial charge is 0.277 e. The molecule has 0 atom stereocenters. The van der Waals surface area contributed by atoms with Crippen LogP contribution in [-0.4, -0.2) is 18.7 Å². The number of hydrogen-bond acceptors (Lipinski definition) is 3. The van der Waals surface area contributed by atoms with Crippen LogP contribution in [0, 0.1) is 0 Å². The minimum absolute atomic E-state index is 0.0652. The lowest BCUT2D eigenvalue weighted by Crippen LogP contribution is -2.24. The highest BCUT2D eigenvalue weighted by Crippen LogP contribution is 2.21. The molecular formula is C19H22N2O2.